The zero-order chi connectivity index (χ0) is 41.4. The fourth-order valence-electron chi connectivity index (χ4n) is 9.34. The molecule has 13 aromatic rings. The van der Waals surface area contributed by atoms with Crippen LogP contribution in [0.15, 0.2) is 211 Å². The number of fused-ring (bicyclic) bond motifs is 9. The van der Waals surface area contributed by atoms with E-state index >= 15 is 0 Å². The Morgan fingerprint density at radius 1 is 0.349 bits per heavy atom. The maximum atomic E-state index is 6.03. The van der Waals surface area contributed by atoms with Crippen molar-refractivity contribution in [2.24, 2.45) is 0 Å². The third-order valence-electron chi connectivity index (χ3n) is 12.2. The van der Waals surface area contributed by atoms with Crippen molar-refractivity contribution >= 4 is 65.8 Å². The molecule has 7 aromatic heterocycles. The summed E-state index contributed by atoms with van der Waals surface area (Å²) in [7, 11) is 0. The first kappa shape index (κ1) is 35.1. The molecular weight excluding hydrogens is 773 g/mol. The largest absolute Gasteiger partial charge is 0.453 e. The quantitative estimate of drug-likeness (QED) is 0.167. The number of benzene rings is 6. The van der Waals surface area contributed by atoms with E-state index in [4.69, 9.17) is 19.4 Å². The van der Waals surface area contributed by atoms with Crippen LogP contribution in [0.3, 0.4) is 0 Å². The minimum Gasteiger partial charge on any atom is -0.453 e. The Labute approximate surface area is 360 Å². The van der Waals surface area contributed by atoms with Crippen molar-refractivity contribution < 1.29 is 4.42 Å². The Balaban J connectivity index is 0.961. The van der Waals surface area contributed by atoms with E-state index in [1.807, 2.05) is 48.8 Å². The van der Waals surface area contributed by atoms with Gasteiger partial charge in [-0.25, -0.2) is 9.97 Å². The van der Waals surface area contributed by atoms with E-state index in [9.17, 15) is 0 Å². The van der Waals surface area contributed by atoms with Gasteiger partial charge in [0.25, 0.3) is 0 Å². The summed E-state index contributed by atoms with van der Waals surface area (Å²) < 4.78 is 10.7. The molecule has 0 saturated heterocycles. The standard InChI is InChI=1S/C56H34N6O/c1-3-12-35(13-4-1)47-31-40(32-48(59-47)36-14-5-2-6-15-36)61-50-19-10-8-17-43(50)45-29-37(22-25-51(45)61)38-21-23-44-42-16-7-9-18-49(42)62(52(44)30-38)41-28-39(33-57-34-41)46-24-26-54-56(60-46)55-53(63-54)20-11-27-58-55/h1-34H. The number of hydrogen-bond acceptors (Lipinski definition) is 5. The lowest BCUT2D eigenvalue weighted by atomic mass is 10.0. The van der Waals surface area contributed by atoms with Crippen molar-refractivity contribution in [3.63, 3.8) is 0 Å². The molecule has 63 heavy (non-hydrogen) atoms. The molecule has 0 aliphatic rings. The maximum absolute atomic E-state index is 6.03. The molecule has 0 bridgehead atoms. The van der Waals surface area contributed by atoms with E-state index < -0.39 is 0 Å². The molecule has 0 aliphatic carbocycles. The molecule has 7 heterocycles. The van der Waals surface area contributed by atoms with Crippen LogP contribution < -0.4 is 0 Å². The van der Waals surface area contributed by atoms with Gasteiger partial charge in [0.05, 0.1) is 56.7 Å². The third kappa shape index (κ3) is 5.67. The van der Waals surface area contributed by atoms with Crippen molar-refractivity contribution in [1.82, 2.24) is 29.1 Å². The number of pyridine rings is 4. The lowest BCUT2D eigenvalue weighted by molar-refractivity contribution is 0.667. The van der Waals surface area contributed by atoms with Crippen LogP contribution in [0.25, 0.3) is 122 Å². The van der Waals surface area contributed by atoms with Crippen molar-refractivity contribution in [3.8, 4) is 56.3 Å². The number of hydrogen-bond donors (Lipinski definition) is 0. The average Bonchev–Trinajstić information content (AvgIpc) is 4.01. The van der Waals surface area contributed by atoms with Crippen LogP contribution in [-0.2, 0) is 0 Å². The van der Waals surface area contributed by atoms with E-state index in [2.05, 4.69) is 166 Å². The van der Waals surface area contributed by atoms with Gasteiger partial charge < -0.3 is 13.6 Å². The summed E-state index contributed by atoms with van der Waals surface area (Å²) in [5.74, 6) is 0. The molecule has 0 N–H and O–H groups in total. The van der Waals surface area contributed by atoms with E-state index in [1.165, 1.54) is 21.5 Å². The van der Waals surface area contributed by atoms with Crippen LogP contribution in [0.1, 0.15) is 0 Å². The first-order valence-corrected chi connectivity index (χ1v) is 21.0. The highest BCUT2D eigenvalue weighted by atomic mass is 16.3. The van der Waals surface area contributed by atoms with Gasteiger partial charge in [-0.15, -0.1) is 0 Å². The van der Waals surface area contributed by atoms with Crippen molar-refractivity contribution in [2.75, 3.05) is 0 Å². The van der Waals surface area contributed by atoms with Gasteiger partial charge in [0.15, 0.2) is 11.2 Å². The van der Waals surface area contributed by atoms with Crippen LogP contribution in [0.4, 0.5) is 0 Å². The summed E-state index contributed by atoms with van der Waals surface area (Å²) >= 11 is 0. The number of furan rings is 1. The molecule has 0 spiro atoms. The Morgan fingerprint density at radius 3 is 1.73 bits per heavy atom. The Bertz CT molecular complexity index is 3860. The molecule has 294 valence electrons. The minimum atomic E-state index is 0.709. The minimum absolute atomic E-state index is 0.709. The molecule has 13 rings (SSSR count). The Kier molecular flexibility index (Phi) is 7.77. The molecule has 0 aliphatic heterocycles. The molecular formula is C56H34N6O. The van der Waals surface area contributed by atoms with E-state index in [1.54, 1.807) is 6.20 Å². The molecule has 7 heteroatoms. The fraction of sp³-hybridized carbons (Fsp3) is 0. The summed E-state index contributed by atoms with van der Waals surface area (Å²) in [6.45, 7) is 0. The molecule has 0 atom stereocenters. The summed E-state index contributed by atoms with van der Waals surface area (Å²) in [6, 6.07) is 66.2. The van der Waals surface area contributed by atoms with Gasteiger partial charge in [0, 0.05) is 50.6 Å². The molecule has 0 unspecified atom stereocenters. The second-order valence-electron chi connectivity index (χ2n) is 15.9. The van der Waals surface area contributed by atoms with Crippen LogP contribution in [0.2, 0.25) is 0 Å². The second kappa shape index (κ2) is 13.9. The first-order valence-electron chi connectivity index (χ1n) is 21.0. The van der Waals surface area contributed by atoms with Gasteiger partial charge in [0.2, 0.25) is 0 Å². The van der Waals surface area contributed by atoms with Crippen molar-refractivity contribution in [1.29, 1.82) is 0 Å². The van der Waals surface area contributed by atoms with Gasteiger partial charge in [-0.05, 0) is 83.9 Å². The first-order chi connectivity index (χ1) is 31.2. The van der Waals surface area contributed by atoms with E-state index in [0.717, 1.165) is 95.0 Å². The highest BCUT2D eigenvalue weighted by molar-refractivity contribution is 6.12. The zero-order valence-electron chi connectivity index (χ0n) is 33.7. The summed E-state index contributed by atoms with van der Waals surface area (Å²) in [6.07, 6.45) is 5.57. The second-order valence-corrected chi connectivity index (χ2v) is 15.9. The van der Waals surface area contributed by atoms with E-state index in [0.29, 0.717) is 5.58 Å². The third-order valence-corrected chi connectivity index (χ3v) is 12.2. The Hall–Kier alpha value is -8.68. The average molecular weight is 807 g/mol. The van der Waals surface area contributed by atoms with E-state index in [-0.39, 0.29) is 0 Å². The molecule has 0 saturated carbocycles. The summed E-state index contributed by atoms with van der Waals surface area (Å²) in [5, 5.41) is 4.73. The molecule has 0 amide bonds. The monoisotopic (exact) mass is 806 g/mol. The Morgan fingerprint density at radius 2 is 0.968 bits per heavy atom. The highest BCUT2D eigenvalue weighted by Crippen LogP contribution is 2.40. The molecule has 6 aromatic carbocycles. The normalized spacial score (nSPS) is 11.8. The van der Waals surface area contributed by atoms with Crippen molar-refractivity contribution in [3.05, 3.63) is 207 Å². The number of rotatable bonds is 6. The van der Waals surface area contributed by atoms with Gasteiger partial charge in [-0.2, -0.15) is 0 Å². The van der Waals surface area contributed by atoms with Crippen LogP contribution in [0.5, 0.6) is 0 Å². The fourth-order valence-corrected chi connectivity index (χ4v) is 9.34. The van der Waals surface area contributed by atoms with Gasteiger partial charge >= 0.3 is 0 Å². The molecule has 0 radical (unpaired) electrons. The predicted molar refractivity (Wildman–Crippen MR) is 255 cm³/mol. The smallest absolute Gasteiger partial charge is 0.155 e. The highest BCUT2D eigenvalue weighted by Gasteiger charge is 2.19. The SMILES string of the molecule is c1ccc(-c2cc(-n3c4ccccc4c4cc(-c5ccc6c7ccccc7n(-c7cncc(-c8ccc9oc%10cccnc%10c9n8)c7)c6c5)ccc43)cc(-c3ccccc3)n2)cc1. The van der Waals surface area contributed by atoms with Crippen molar-refractivity contribution in [2.45, 2.75) is 0 Å². The maximum Gasteiger partial charge on any atom is 0.155 e. The lowest BCUT2D eigenvalue weighted by Gasteiger charge is -2.13. The molecule has 0 fully saturated rings. The van der Waals surface area contributed by atoms with Crippen LogP contribution in [-0.4, -0.2) is 29.1 Å². The lowest BCUT2D eigenvalue weighted by Crippen LogP contribution is -1.98. The number of aromatic nitrogens is 6. The number of para-hydroxylation sites is 2. The summed E-state index contributed by atoms with van der Waals surface area (Å²) in [5.41, 5.74) is 17.4. The van der Waals surface area contributed by atoms with Crippen LogP contribution in [0, 0.1) is 0 Å². The van der Waals surface area contributed by atoms with Gasteiger partial charge in [-0.3, -0.25) is 9.97 Å². The molecule has 7 nitrogen and oxygen atoms in total. The topological polar surface area (TPSA) is 74.6 Å². The predicted octanol–water partition coefficient (Wildman–Crippen LogP) is 14.0. The summed E-state index contributed by atoms with van der Waals surface area (Å²) in [4.78, 5) is 19.5. The van der Waals surface area contributed by atoms with Gasteiger partial charge in [-0.1, -0.05) is 115 Å². The van der Waals surface area contributed by atoms with Gasteiger partial charge in [0.1, 0.15) is 11.0 Å². The zero-order valence-corrected chi connectivity index (χ0v) is 33.7. The number of nitrogens with zero attached hydrogens (tertiary/aromatic N) is 6. The van der Waals surface area contributed by atoms with Crippen LogP contribution >= 0.6 is 0 Å².